The number of aromatic nitrogens is 1. The van der Waals surface area contributed by atoms with Crippen molar-refractivity contribution in [3.05, 3.63) is 53.9 Å². The van der Waals surface area contributed by atoms with Gasteiger partial charge in [-0.25, -0.2) is 0 Å². The number of carbonyl (C=O) groups excluding carboxylic acids is 1. The minimum atomic E-state index is 0.0238. The van der Waals surface area contributed by atoms with E-state index in [9.17, 15) is 4.79 Å². The molecule has 1 aromatic carbocycles. The number of nitrogen functional groups attached to an aromatic ring is 1. The minimum Gasteiger partial charge on any atom is -0.399 e. The van der Waals surface area contributed by atoms with Crippen molar-refractivity contribution in [3.8, 4) is 0 Å². The zero-order chi connectivity index (χ0) is 12.3. The standard InChI is InChI=1S/C14H16N2O/c1-2-8-16-9-4-7-13(16)14(17)11-5-3-6-12(15)10-11/h3-7,9-10H,2,8,15H2,1H3. The summed E-state index contributed by atoms with van der Waals surface area (Å²) in [5.74, 6) is 0.0238. The summed E-state index contributed by atoms with van der Waals surface area (Å²) in [4.78, 5) is 12.3. The van der Waals surface area contributed by atoms with Crippen molar-refractivity contribution in [2.75, 3.05) is 5.73 Å². The number of hydrogen-bond acceptors (Lipinski definition) is 2. The third-order valence-electron chi connectivity index (χ3n) is 2.68. The summed E-state index contributed by atoms with van der Waals surface area (Å²) in [6.07, 6.45) is 2.94. The van der Waals surface area contributed by atoms with Gasteiger partial charge in [0.2, 0.25) is 5.78 Å². The number of hydrogen-bond donors (Lipinski definition) is 1. The zero-order valence-electron chi connectivity index (χ0n) is 9.89. The van der Waals surface area contributed by atoms with E-state index in [1.165, 1.54) is 0 Å². The van der Waals surface area contributed by atoms with Crippen LogP contribution in [0.1, 0.15) is 29.4 Å². The van der Waals surface area contributed by atoms with E-state index in [4.69, 9.17) is 5.73 Å². The third kappa shape index (κ3) is 2.38. The van der Waals surface area contributed by atoms with Gasteiger partial charge in [-0.1, -0.05) is 19.1 Å². The highest BCUT2D eigenvalue weighted by Crippen LogP contribution is 2.14. The number of benzene rings is 1. The van der Waals surface area contributed by atoms with E-state index in [2.05, 4.69) is 6.92 Å². The first-order valence-electron chi connectivity index (χ1n) is 5.77. The molecule has 2 rings (SSSR count). The first kappa shape index (κ1) is 11.5. The summed E-state index contributed by atoms with van der Waals surface area (Å²) in [6.45, 7) is 2.95. The number of aryl methyl sites for hydroxylation is 1. The highest BCUT2D eigenvalue weighted by atomic mass is 16.1. The topological polar surface area (TPSA) is 48.0 Å². The fourth-order valence-electron chi connectivity index (χ4n) is 1.88. The maximum atomic E-state index is 12.3. The van der Waals surface area contributed by atoms with Gasteiger partial charge in [0.05, 0.1) is 5.69 Å². The SMILES string of the molecule is CCCn1cccc1C(=O)c1cccc(N)c1. The molecule has 0 fully saturated rings. The van der Waals surface area contributed by atoms with Gasteiger partial charge in [-0.15, -0.1) is 0 Å². The lowest BCUT2D eigenvalue weighted by molar-refractivity contribution is 0.103. The average molecular weight is 228 g/mol. The van der Waals surface area contributed by atoms with Gasteiger partial charge in [0.1, 0.15) is 0 Å². The van der Waals surface area contributed by atoms with Crippen LogP contribution in [0, 0.1) is 0 Å². The second-order valence-corrected chi connectivity index (χ2v) is 4.04. The second-order valence-electron chi connectivity index (χ2n) is 4.04. The Hall–Kier alpha value is -2.03. The number of anilines is 1. The lowest BCUT2D eigenvalue weighted by atomic mass is 10.1. The molecule has 0 saturated carbocycles. The molecule has 0 spiro atoms. The largest absolute Gasteiger partial charge is 0.399 e. The molecular weight excluding hydrogens is 212 g/mol. The number of nitrogens with two attached hydrogens (primary N) is 1. The van der Waals surface area contributed by atoms with Gasteiger partial charge in [-0.05, 0) is 30.7 Å². The molecule has 2 N–H and O–H groups in total. The Morgan fingerprint density at radius 2 is 2.12 bits per heavy atom. The van der Waals surface area contributed by atoms with Crippen LogP contribution in [-0.2, 0) is 6.54 Å². The predicted molar refractivity (Wildman–Crippen MR) is 69.0 cm³/mol. The van der Waals surface area contributed by atoms with E-state index in [1.807, 2.05) is 22.9 Å². The Balaban J connectivity index is 2.33. The highest BCUT2D eigenvalue weighted by Gasteiger charge is 2.12. The van der Waals surface area contributed by atoms with E-state index < -0.39 is 0 Å². The molecule has 3 heteroatoms. The summed E-state index contributed by atoms with van der Waals surface area (Å²) in [7, 11) is 0. The molecule has 1 aromatic heterocycles. The number of carbonyl (C=O) groups is 1. The fraction of sp³-hybridized carbons (Fsp3) is 0.214. The smallest absolute Gasteiger partial charge is 0.209 e. The number of ketones is 1. The average Bonchev–Trinajstić information content (AvgIpc) is 2.77. The van der Waals surface area contributed by atoms with Gasteiger partial charge in [0.15, 0.2) is 0 Å². The monoisotopic (exact) mass is 228 g/mol. The molecule has 3 nitrogen and oxygen atoms in total. The van der Waals surface area contributed by atoms with Crippen LogP contribution >= 0.6 is 0 Å². The summed E-state index contributed by atoms with van der Waals surface area (Å²) < 4.78 is 1.98. The molecule has 1 heterocycles. The molecule has 2 aromatic rings. The second kappa shape index (κ2) is 4.87. The summed E-state index contributed by atoms with van der Waals surface area (Å²) in [5, 5.41) is 0. The number of rotatable bonds is 4. The summed E-state index contributed by atoms with van der Waals surface area (Å²) in [6, 6.07) is 10.8. The summed E-state index contributed by atoms with van der Waals surface area (Å²) >= 11 is 0. The fourth-order valence-corrected chi connectivity index (χ4v) is 1.88. The first-order chi connectivity index (χ1) is 8.22. The Morgan fingerprint density at radius 3 is 2.82 bits per heavy atom. The van der Waals surface area contributed by atoms with Crippen LogP contribution in [0.15, 0.2) is 42.6 Å². The van der Waals surface area contributed by atoms with E-state index >= 15 is 0 Å². The van der Waals surface area contributed by atoms with Gasteiger partial charge >= 0.3 is 0 Å². The maximum Gasteiger partial charge on any atom is 0.209 e. The van der Waals surface area contributed by atoms with Crippen LogP contribution in [0.2, 0.25) is 0 Å². The zero-order valence-corrected chi connectivity index (χ0v) is 9.89. The van der Waals surface area contributed by atoms with E-state index in [0.29, 0.717) is 11.3 Å². The molecule has 17 heavy (non-hydrogen) atoms. The minimum absolute atomic E-state index is 0.0238. The molecule has 0 aliphatic heterocycles. The quantitative estimate of drug-likeness (QED) is 0.646. The van der Waals surface area contributed by atoms with Gasteiger partial charge in [-0.2, -0.15) is 0 Å². The predicted octanol–water partition coefficient (Wildman–Crippen LogP) is 2.71. The van der Waals surface area contributed by atoms with Crippen molar-refractivity contribution in [2.24, 2.45) is 0 Å². The Bertz CT molecular complexity index is 529. The lowest BCUT2D eigenvalue weighted by Crippen LogP contribution is -2.09. The van der Waals surface area contributed by atoms with Crippen molar-refractivity contribution in [2.45, 2.75) is 19.9 Å². The Labute approximate surface area is 101 Å². The van der Waals surface area contributed by atoms with Crippen molar-refractivity contribution in [3.63, 3.8) is 0 Å². The van der Waals surface area contributed by atoms with Crippen molar-refractivity contribution < 1.29 is 4.79 Å². The van der Waals surface area contributed by atoms with Gasteiger partial charge in [-0.3, -0.25) is 4.79 Å². The maximum absolute atomic E-state index is 12.3. The molecular formula is C14H16N2O. The van der Waals surface area contributed by atoms with Crippen LogP contribution in [-0.4, -0.2) is 10.4 Å². The molecule has 0 aliphatic rings. The number of nitrogens with zero attached hydrogens (tertiary/aromatic N) is 1. The molecule has 0 saturated heterocycles. The third-order valence-corrected chi connectivity index (χ3v) is 2.68. The lowest BCUT2D eigenvalue weighted by Gasteiger charge is -2.07. The van der Waals surface area contributed by atoms with Gasteiger partial charge < -0.3 is 10.3 Å². The van der Waals surface area contributed by atoms with Crippen molar-refractivity contribution in [1.82, 2.24) is 4.57 Å². The molecule has 88 valence electrons. The van der Waals surface area contributed by atoms with Crippen LogP contribution in [0.25, 0.3) is 0 Å². The van der Waals surface area contributed by atoms with Crippen LogP contribution in [0.3, 0.4) is 0 Å². The van der Waals surface area contributed by atoms with E-state index in [0.717, 1.165) is 18.7 Å². The molecule has 0 aliphatic carbocycles. The normalized spacial score (nSPS) is 10.4. The first-order valence-corrected chi connectivity index (χ1v) is 5.77. The van der Waals surface area contributed by atoms with Crippen LogP contribution < -0.4 is 5.73 Å². The van der Waals surface area contributed by atoms with Crippen molar-refractivity contribution >= 4 is 11.5 Å². The Kier molecular flexibility index (Phi) is 3.28. The Morgan fingerprint density at radius 1 is 1.29 bits per heavy atom. The van der Waals surface area contributed by atoms with Crippen LogP contribution in [0.4, 0.5) is 5.69 Å². The summed E-state index contributed by atoms with van der Waals surface area (Å²) in [5.41, 5.74) is 7.66. The van der Waals surface area contributed by atoms with Gasteiger partial charge in [0.25, 0.3) is 0 Å². The molecule has 0 radical (unpaired) electrons. The van der Waals surface area contributed by atoms with Crippen molar-refractivity contribution in [1.29, 1.82) is 0 Å². The molecule has 0 atom stereocenters. The molecule has 0 amide bonds. The highest BCUT2D eigenvalue weighted by molar-refractivity contribution is 6.08. The molecule has 0 bridgehead atoms. The molecule has 0 unspecified atom stereocenters. The van der Waals surface area contributed by atoms with E-state index in [-0.39, 0.29) is 5.78 Å². The van der Waals surface area contributed by atoms with E-state index in [1.54, 1.807) is 24.3 Å². The van der Waals surface area contributed by atoms with Crippen LogP contribution in [0.5, 0.6) is 0 Å². The van der Waals surface area contributed by atoms with Gasteiger partial charge in [0, 0.05) is 24.0 Å².